The summed E-state index contributed by atoms with van der Waals surface area (Å²) in [6, 6.07) is 14.2. The van der Waals surface area contributed by atoms with Gasteiger partial charge in [0.15, 0.2) is 0 Å². The summed E-state index contributed by atoms with van der Waals surface area (Å²) in [6.45, 7) is 1.87. The first kappa shape index (κ1) is 16.7. The molecule has 0 atom stereocenters. The maximum Gasteiger partial charge on any atom is 0.241 e. The van der Waals surface area contributed by atoms with Crippen molar-refractivity contribution in [2.24, 2.45) is 0 Å². The van der Waals surface area contributed by atoms with Crippen LogP contribution in [-0.4, -0.2) is 18.2 Å². The Morgan fingerprint density at radius 1 is 1.17 bits per heavy atom. The number of halogens is 1. The molecular formula is C17H16ClN3O2S. The first-order valence-corrected chi connectivity index (χ1v) is 9.17. The van der Waals surface area contributed by atoms with Crippen molar-refractivity contribution in [2.45, 2.75) is 18.4 Å². The number of nitrogens with one attached hydrogen (secondary N) is 1. The van der Waals surface area contributed by atoms with E-state index in [1.165, 1.54) is 0 Å². The molecule has 124 valence electrons. The Morgan fingerprint density at radius 3 is 2.71 bits per heavy atom. The average Bonchev–Trinajstić information content (AvgIpc) is 3.10. The number of rotatable bonds is 5. The van der Waals surface area contributed by atoms with Gasteiger partial charge in [0.25, 0.3) is 0 Å². The number of nitrogens with zero attached hydrogens (tertiary/aromatic N) is 2. The van der Waals surface area contributed by atoms with E-state index in [4.69, 9.17) is 11.6 Å². The Kier molecular flexibility index (Phi) is 4.71. The molecular weight excluding hydrogens is 346 g/mol. The van der Waals surface area contributed by atoms with Crippen LogP contribution in [0.5, 0.6) is 0 Å². The molecule has 0 spiro atoms. The Balaban J connectivity index is 1.80. The molecule has 0 radical (unpaired) electrons. The van der Waals surface area contributed by atoms with Gasteiger partial charge in [0.1, 0.15) is 0 Å². The first-order chi connectivity index (χ1) is 11.5. The van der Waals surface area contributed by atoms with Gasteiger partial charge in [-0.3, -0.25) is 0 Å². The van der Waals surface area contributed by atoms with Gasteiger partial charge in [-0.1, -0.05) is 29.8 Å². The van der Waals surface area contributed by atoms with E-state index in [9.17, 15) is 8.42 Å². The van der Waals surface area contributed by atoms with E-state index in [0.717, 1.165) is 11.3 Å². The van der Waals surface area contributed by atoms with Crippen molar-refractivity contribution in [1.82, 2.24) is 14.5 Å². The first-order valence-electron chi connectivity index (χ1n) is 7.31. The zero-order valence-corrected chi connectivity index (χ0v) is 14.6. The van der Waals surface area contributed by atoms with E-state index in [2.05, 4.69) is 9.82 Å². The normalized spacial score (nSPS) is 11.6. The summed E-state index contributed by atoms with van der Waals surface area (Å²) in [5.41, 5.74) is 2.25. The molecule has 7 heteroatoms. The fourth-order valence-electron chi connectivity index (χ4n) is 2.37. The van der Waals surface area contributed by atoms with Gasteiger partial charge < -0.3 is 0 Å². The molecule has 1 aromatic heterocycles. The molecule has 0 aliphatic carbocycles. The van der Waals surface area contributed by atoms with Crippen LogP contribution in [0.2, 0.25) is 5.02 Å². The summed E-state index contributed by atoms with van der Waals surface area (Å²) in [7, 11) is -3.64. The number of sulfonamides is 1. The minimum atomic E-state index is -3.64. The maximum atomic E-state index is 12.5. The third-order valence-electron chi connectivity index (χ3n) is 3.65. The van der Waals surface area contributed by atoms with Crippen LogP contribution in [0, 0.1) is 6.92 Å². The van der Waals surface area contributed by atoms with Crippen LogP contribution < -0.4 is 4.72 Å². The second-order valence-corrected chi connectivity index (χ2v) is 7.45. The van der Waals surface area contributed by atoms with Crippen molar-refractivity contribution in [3.63, 3.8) is 0 Å². The molecule has 0 saturated heterocycles. The van der Waals surface area contributed by atoms with Crippen LogP contribution in [0.4, 0.5) is 0 Å². The van der Waals surface area contributed by atoms with Crippen LogP contribution >= 0.6 is 11.6 Å². The summed E-state index contributed by atoms with van der Waals surface area (Å²) >= 11 is 6.01. The Labute approximate surface area is 145 Å². The highest BCUT2D eigenvalue weighted by atomic mass is 35.5. The number of aromatic nitrogens is 2. The fraction of sp³-hybridized carbons (Fsp3) is 0.118. The summed E-state index contributed by atoms with van der Waals surface area (Å²) < 4.78 is 29.3. The predicted molar refractivity (Wildman–Crippen MR) is 93.8 cm³/mol. The number of hydrogen-bond acceptors (Lipinski definition) is 3. The maximum absolute atomic E-state index is 12.5. The lowest BCUT2D eigenvalue weighted by molar-refractivity contribution is 0.580. The zero-order chi connectivity index (χ0) is 17.2. The minimum Gasteiger partial charge on any atom is -0.241 e. The van der Waals surface area contributed by atoms with Crippen LogP contribution in [0.3, 0.4) is 0 Å². The standard InChI is InChI=1S/C17H16ClN3O2S/c1-13-16(18)7-3-8-17(13)24(22,23)20-12-14-5-2-6-15(11-14)21-10-4-9-19-21/h2-11,20H,12H2,1H3. The Morgan fingerprint density at radius 2 is 1.96 bits per heavy atom. The second kappa shape index (κ2) is 6.76. The van der Waals surface area contributed by atoms with Crippen molar-refractivity contribution in [3.8, 4) is 5.69 Å². The SMILES string of the molecule is Cc1c(Cl)cccc1S(=O)(=O)NCc1cccc(-n2cccn2)c1. The molecule has 3 rings (SSSR count). The molecule has 2 aromatic carbocycles. The van der Waals surface area contributed by atoms with Crippen molar-refractivity contribution < 1.29 is 8.42 Å². The fourth-order valence-corrected chi connectivity index (χ4v) is 3.88. The zero-order valence-electron chi connectivity index (χ0n) is 13.0. The van der Waals surface area contributed by atoms with Crippen molar-refractivity contribution >= 4 is 21.6 Å². The van der Waals surface area contributed by atoms with Gasteiger partial charge >= 0.3 is 0 Å². The van der Waals surface area contributed by atoms with E-state index in [1.54, 1.807) is 36.0 Å². The third-order valence-corrected chi connectivity index (χ3v) is 5.61. The molecule has 0 bridgehead atoms. The molecule has 3 aromatic rings. The molecule has 1 heterocycles. The monoisotopic (exact) mass is 361 g/mol. The predicted octanol–water partition coefficient (Wildman–Crippen LogP) is 3.31. The smallest absolute Gasteiger partial charge is 0.241 e. The molecule has 24 heavy (non-hydrogen) atoms. The van der Waals surface area contributed by atoms with E-state index < -0.39 is 10.0 Å². The Bertz CT molecular complexity index is 954. The number of hydrogen-bond donors (Lipinski definition) is 1. The van der Waals surface area contributed by atoms with Gasteiger partial charge in [-0.05, 0) is 48.4 Å². The topological polar surface area (TPSA) is 64.0 Å². The molecule has 0 amide bonds. The van der Waals surface area contributed by atoms with E-state index in [-0.39, 0.29) is 11.4 Å². The third kappa shape index (κ3) is 3.51. The van der Waals surface area contributed by atoms with Gasteiger partial charge in [-0.15, -0.1) is 0 Å². The Hall–Kier alpha value is -2.15. The lowest BCUT2D eigenvalue weighted by atomic mass is 10.2. The van der Waals surface area contributed by atoms with Crippen molar-refractivity contribution in [2.75, 3.05) is 0 Å². The minimum absolute atomic E-state index is 0.184. The highest BCUT2D eigenvalue weighted by molar-refractivity contribution is 7.89. The highest BCUT2D eigenvalue weighted by Crippen LogP contribution is 2.22. The van der Waals surface area contributed by atoms with E-state index >= 15 is 0 Å². The van der Waals surface area contributed by atoms with Gasteiger partial charge in [0.2, 0.25) is 10.0 Å². The van der Waals surface area contributed by atoms with Crippen molar-refractivity contribution in [1.29, 1.82) is 0 Å². The van der Waals surface area contributed by atoms with Crippen LogP contribution in [-0.2, 0) is 16.6 Å². The molecule has 0 saturated carbocycles. The van der Waals surface area contributed by atoms with Crippen molar-refractivity contribution in [3.05, 3.63) is 77.1 Å². The molecule has 0 fully saturated rings. The average molecular weight is 362 g/mol. The van der Waals surface area contributed by atoms with E-state index in [0.29, 0.717) is 10.6 Å². The lowest BCUT2D eigenvalue weighted by Gasteiger charge is -2.11. The van der Waals surface area contributed by atoms with Crippen LogP contribution in [0.25, 0.3) is 5.69 Å². The van der Waals surface area contributed by atoms with E-state index in [1.807, 2.05) is 36.5 Å². The molecule has 0 aliphatic heterocycles. The summed E-state index contributed by atoms with van der Waals surface area (Å²) in [4.78, 5) is 0.193. The van der Waals surface area contributed by atoms with Gasteiger partial charge in [-0.2, -0.15) is 5.10 Å². The van der Waals surface area contributed by atoms with Gasteiger partial charge in [-0.25, -0.2) is 17.8 Å². The molecule has 0 unspecified atom stereocenters. The highest BCUT2D eigenvalue weighted by Gasteiger charge is 2.17. The van der Waals surface area contributed by atoms with Gasteiger partial charge in [0.05, 0.1) is 10.6 Å². The molecule has 5 nitrogen and oxygen atoms in total. The van der Waals surface area contributed by atoms with Crippen LogP contribution in [0.15, 0.2) is 65.8 Å². The molecule has 1 N–H and O–H groups in total. The summed E-state index contributed by atoms with van der Waals surface area (Å²) in [5.74, 6) is 0. The second-order valence-electron chi connectivity index (χ2n) is 5.31. The van der Waals surface area contributed by atoms with Crippen LogP contribution in [0.1, 0.15) is 11.1 Å². The largest absolute Gasteiger partial charge is 0.241 e. The molecule has 0 aliphatic rings. The lowest BCUT2D eigenvalue weighted by Crippen LogP contribution is -2.24. The van der Waals surface area contributed by atoms with Gasteiger partial charge in [0, 0.05) is 24.0 Å². The number of benzene rings is 2. The summed E-state index contributed by atoms with van der Waals surface area (Å²) in [6.07, 6.45) is 3.52. The quantitative estimate of drug-likeness (QED) is 0.758. The summed E-state index contributed by atoms with van der Waals surface area (Å²) in [5, 5.41) is 4.60.